The topological polar surface area (TPSA) is 108 Å². The van der Waals surface area contributed by atoms with Crippen molar-refractivity contribution in [3.05, 3.63) is 52.6 Å². The van der Waals surface area contributed by atoms with E-state index in [-0.39, 0.29) is 29.4 Å². The minimum absolute atomic E-state index is 0.0903. The van der Waals surface area contributed by atoms with Gasteiger partial charge in [-0.2, -0.15) is 0 Å². The fourth-order valence-electron chi connectivity index (χ4n) is 3.56. The van der Waals surface area contributed by atoms with Gasteiger partial charge in [0.2, 0.25) is 11.8 Å². The third-order valence-electron chi connectivity index (χ3n) is 4.36. The number of nitrogens with one attached hydrogen (secondary N) is 1. The van der Waals surface area contributed by atoms with E-state index in [1.165, 1.54) is 6.92 Å². The smallest absolute Gasteiger partial charge is 0.341 e. The summed E-state index contributed by atoms with van der Waals surface area (Å²) in [5, 5.41) is 2.66. The van der Waals surface area contributed by atoms with Gasteiger partial charge in [-0.15, -0.1) is 0 Å². The highest BCUT2D eigenvalue weighted by Gasteiger charge is 2.60. The lowest BCUT2D eigenvalue weighted by atomic mass is 9.66. The number of para-hydroxylation sites is 1. The third-order valence-corrected chi connectivity index (χ3v) is 4.36. The first-order valence-electron chi connectivity index (χ1n) is 7.84. The lowest BCUT2D eigenvalue weighted by Gasteiger charge is -2.36. The molecule has 7 heteroatoms. The van der Waals surface area contributed by atoms with Gasteiger partial charge in [0.25, 0.3) is 0 Å². The lowest BCUT2D eigenvalue weighted by molar-refractivity contribution is -0.141. The zero-order chi connectivity index (χ0) is 18.4. The molecule has 1 amide bonds. The van der Waals surface area contributed by atoms with Crippen LogP contribution >= 0.6 is 0 Å². The first kappa shape index (κ1) is 16.8. The quantitative estimate of drug-likeness (QED) is 0.795. The van der Waals surface area contributed by atoms with Crippen molar-refractivity contribution >= 4 is 17.7 Å². The Morgan fingerprint density at radius 3 is 2.60 bits per heavy atom. The largest absolute Gasteiger partial charge is 0.462 e. The number of ketones is 1. The molecule has 3 rings (SSSR count). The van der Waals surface area contributed by atoms with Gasteiger partial charge in [-0.3, -0.25) is 9.59 Å². The van der Waals surface area contributed by atoms with E-state index in [2.05, 4.69) is 5.32 Å². The molecule has 3 N–H and O–H groups in total. The van der Waals surface area contributed by atoms with Crippen LogP contribution in [-0.2, 0) is 24.5 Å². The van der Waals surface area contributed by atoms with Crippen LogP contribution in [0.5, 0.6) is 5.75 Å². The summed E-state index contributed by atoms with van der Waals surface area (Å²) in [5.41, 5.74) is 5.07. The minimum atomic E-state index is -1.68. The number of carbonyl (C=O) groups excluding carboxylic acids is 3. The molecule has 1 aromatic rings. The zero-order valence-corrected chi connectivity index (χ0v) is 14.1. The summed E-state index contributed by atoms with van der Waals surface area (Å²) in [6, 6.07) is 6.69. The molecule has 0 fully saturated rings. The molecule has 1 atom stereocenters. The fraction of sp³-hybridized carbons (Fsp3) is 0.278. The molecule has 1 unspecified atom stereocenters. The summed E-state index contributed by atoms with van der Waals surface area (Å²) < 4.78 is 10.6. The molecule has 0 radical (unpaired) electrons. The van der Waals surface area contributed by atoms with Crippen molar-refractivity contribution in [3.63, 3.8) is 0 Å². The molecular weight excluding hydrogens is 324 g/mol. The number of Topliss-reactive ketones (excluding diaryl/α,β-unsaturated/α-hetero) is 1. The number of fused-ring (bicyclic) bond motifs is 2. The Kier molecular flexibility index (Phi) is 3.87. The maximum atomic E-state index is 13.0. The molecule has 0 bridgehead atoms. The van der Waals surface area contributed by atoms with Gasteiger partial charge in [-0.25, -0.2) is 4.79 Å². The minimum Gasteiger partial charge on any atom is -0.462 e. The number of hydrogen-bond acceptors (Lipinski definition) is 6. The molecule has 1 aromatic carbocycles. The maximum Gasteiger partial charge on any atom is 0.341 e. The Morgan fingerprint density at radius 1 is 1.28 bits per heavy atom. The van der Waals surface area contributed by atoms with Crippen LogP contribution in [-0.4, -0.2) is 24.3 Å². The van der Waals surface area contributed by atoms with Crippen molar-refractivity contribution in [1.82, 2.24) is 5.32 Å². The van der Waals surface area contributed by atoms with E-state index in [0.717, 1.165) is 0 Å². The number of esters is 1. The highest BCUT2D eigenvalue weighted by atomic mass is 16.5. The molecule has 0 aliphatic carbocycles. The Bertz CT molecular complexity index is 868. The predicted octanol–water partition coefficient (Wildman–Crippen LogP) is 1.04. The second-order valence-corrected chi connectivity index (χ2v) is 5.82. The normalized spacial score (nSPS) is 21.8. The summed E-state index contributed by atoms with van der Waals surface area (Å²) in [6.45, 7) is 4.69. The van der Waals surface area contributed by atoms with E-state index in [1.807, 2.05) is 0 Å². The third kappa shape index (κ3) is 2.15. The van der Waals surface area contributed by atoms with Gasteiger partial charge in [-0.05, 0) is 26.8 Å². The lowest BCUT2D eigenvalue weighted by Crippen LogP contribution is -2.48. The van der Waals surface area contributed by atoms with Crippen molar-refractivity contribution in [2.24, 2.45) is 5.73 Å². The molecule has 0 aromatic heterocycles. The van der Waals surface area contributed by atoms with Gasteiger partial charge in [0, 0.05) is 16.8 Å². The average Bonchev–Trinajstić information content (AvgIpc) is 2.79. The van der Waals surface area contributed by atoms with Gasteiger partial charge in [0.15, 0.2) is 5.78 Å². The number of nitrogens with two attached hydrogens (primary N) is 1. The number of allylic oxidation sites excluding steroid dienone is 1. The Labute approximate surface area is 144 Å². The first-order valence-corrected chi connectivity index (χ1v) is 7.84. The van der Waals surface area contributed by atoms with Gasteiger partial charge in [0.1, 0.15) is 16.7 Å². The molecule has 7 nitrogen and oxygen atoms in total. The van der Waals surface area contributed by atoms with E-state index in [9.17, 15) is 14.4 Å². The van der Waals surface area contributed by atoms with Crippen LogP contribution < -0.4 is 15.8 Å². The van der Waals surface area contributed by atoms with E-state index in [0.29, 0.717) is 17.0 Å². The number of carbonyl (C=O) groups is 3. The second kappa shape index (κ2) is 5.77. The van der Waals surface area contributed by atoms with Gasteiger partial charge in [-0.1, -0.05) is 18.2 Å². The number of amides is 1. The highest BCUT2D eigenvalue weighted by molar-refractivity contribution is 6.18. The number of hydrogen-bond donors (Lipinski definition) is 2. The zero-order valence-electron chi connectivity index (χ0n) is 14.1. The summed E-state index contributed by atoms with van der Waals surface area (Å²) in [6.07, 6.45) is 0. The molecule has 0 saturated heterocycles. The highest BCUT2D eigenvalue weighted by Crippen LogP contribution is 2.51. The predicted molar refractivity (Wildman–Crippen MR) is 88.1 cm³/mol. The second-order valence-electron chi connectivity index (χ2n) is 5.82. The average molecular weight is 342 g/mol. The Morgan fingerprint density at radius 2 is 1.96 bits per heavy atom. The fourth-order valence-corrected chi connectivity index (χ4v) is 3.56. The Balaban J connectivity index is 2.42. The van der Waals surface area contributed by atoms with Crippen LogP contribution in [0, 0.1) is 0 Å². The van der Waals surface area contributed by atoms with Crippen LogP contribution in [0.25, 0.3) is 0 Å². The molecule has 1 spiro atoms. The van der Waals surface area contributed by atoms with Crippen LogP contribution in [0.3, 0.4) is 0 Å². The van der Waals surface area contributed by atoms with Crippen LogP contribution in [0.2, 0.25) is 0 Å². The maximum absolute atomic E-state index is 13.0. The number of rotatable bonds is 3. The van der Waals surface area contributed by atoms with Crippen molar-refractivity contribution in [2.45, 2.75) is 26.2 Å². The van der Waals surface area contributed by atoms with Crippen molar-refractivity contribution < 1.29 is 23.9 Å². The monoisotopic (exact) mass is 342 g/mol. The Hall–Kier alpha value is -3.09. The molecular formula is C18H18N2O5. The van der Waals surface area contributed by atoms with Crippen LogP contribution in [0.15, 0.2) is 47.0 Å². The summed E-state index contributed by atoms with van der Waals surface area (Å²) in [7, 11) is 0. The SMILES string of the molecule is CCOC(=O)C1=C(N)Oc2ccccc2C12C(=O)NC(C)=C2C(C)=O. The van der Waals surface area contributed by atoms with Crippen molar-refractivity contribution in [2.75, 3.05) is 6.61 Å². The van der Waals surface area contributed by atoms with E-state index in [1.54, 1.807) is 38.1 Å². The van der Waals surface area contributed by atoms with Crippen LogP contribution in [0.4, 0.5) is 0 Å². The molecule has 2 heterocycles. The first-order chi connectivity index (χ1) is 11.9. The summed E-state index contributed by atoms with van der Waals surface area (Å²) in [4.78, 5) is 38.1. The van der Waals surface area contributed by atoms with Crippen LogP contribution in [0.1, 0.15) is 26.3 Å². The van der Waals surface area contributed by atoms with Crippen molar-refractivity contribution in [1.29, 1.82) is 0 Å². The van der Waals surface area contributed by atoms with E-state index in [4.69, 9.17) is 15.2 Å². The van der Waals surface area contributed by atoms with Crippen molar-refractivity contribution in [3.8, 4) is 5.75 Å². The van der Waals surface area contributed by atoms with E-state index < -0.39 is 17.3 Å². The molecule has 2 aliphatic heterocycles. The van der Waals surface area contributed by atoms with Gasteiger partial charge < -0.3 is 20.5 Å². The number of benzene rings is 1. The molecule has 0 saturated carbocycles. The standard InChI is InChI=1S/C18H18N2O5/c1-4-24-16(22)14-15(19)25-12-8-6-5-7-11(12)18(14)13(10(3)21)9(2)20-17(18)23/h5-8H,4,19H2,1-3H3,(H,20,23). The molecule has 25 heavy (non-hydrogen) atoms. The summed E-state index contributed by atoms with van der Waals surface area (Å²) >= 11 is 0. The number of ether oxygens (including phenoxy) is 2. The summed E-state index contributed by atoms with van der Waals surface area (Å²) in [5.74, 6) is -1.60. The van der Waals surface area contributed by atoms with Gasteiger partial charge >= 0.3 is 5.97 Å². The van der Waals surface area contributed by atoms with E-state index >= 15 is 0 Å². The molecule has 2 aliphatic rings. The van der Waals surface area contributed by atoms with Gasteiger partial charge in [0.05, 0.1) is 6.61 Å². The molecule has 130 valence electrons.